The summed E-state index contributed by atoms with van der Waals surface area (Å²) in [7, 11) is 5.04. The van der Waals surface area contributed by atoms with Gasteiger partial charge in [-0.05, 0) is 18.1 Å². The van der Waals surface area contributed by atoms with Crippen molar-refractivity contribution in [3.8, 4) is 0 Å². The second-order valence-corrected chi connectivity index (χ2v) is 5.43. The second kappa shape index (κ2) is 10.8. The number of methoxy groups -OCH3 is 1. The Bertz CT molecular complexity index is 505. The number of halogens is 1. The van der Waals surface area contributed by atoms with Gasteiger partial charge in [0.2, 0.25) is 5.91 Å². The summed E-state index contributed by atoms with van der Waals surface area (Å²) >= 11 is 5.76. The Kier molecular flexibility index (Phi) is 9.01. The maximum atomic E-state index is 11.6. The van der Waals surface area contributed by atoms with E-state index in [-0.39, 0.29) is 12.5 Å². The molecule has 0 fully saturated rings. The second-order valence-electron chi connectivity index (χ2n) is 5.04. The van der Waals surface area contributed by atoms with Crippen LogP contribution in [0.4, 0.5) is 0 Å². The third-order valence-corrected chi connectivity index (χ3v) is 3.19. The minimum absolute atomic E-state index is 0.0558. The van der Waals surface area contributed by atoms with Gasteiger partial charge in [-0.1, -0.05) is 17.7 Å². The minimum Gasteiger partial charge on any atom is -0.383 e. The molecule has 2 N–H and O–H groups in total. The molecule has 0 bridgehead atoms. The molecule has 8 heteroatoms. The number of nitrogens with zero attached hydrogens (tertiary/aromatic N) is 3. The molecule has 0 atom stereocenters. The topological polar surface area (TPSA) is 78.8 Å². The summed E-state index contributed by atoms with van der Waals surface area (Å²) in [6.07, 6.45) is 2.52. The zero-order chi connectivity index (χ0) is 17.1. The Morgan fingerprint density at radius 1 is 1.35 bits per heavy atom. The van der Waals surface area contributed by atoms with Crippen molar-refractivity contribution in [2.24, 2.45) is 4.99 Å². The lowest BCUT2D eigenvalue weighted by Gasteiger charge is -2.13. The van der Waals surface area contributed by atoms with Gasteiger partial charge in [0.25, 0.3) is 0 Å². The van der Waals surface area contributed by atoms with Crippen molar-refractivity contribution in [3.05, 3.63) is 29.0 Å². The Morgan fingerprint density at radius 2 is 2.09 bits per heavy atom. The van der Waals surface area contributed by atoms with Crippen LogP contribution < -0.4 is 10.6 Å². The van der Waals surface area contributed by atoms with Gasteiger partial charge in [-0.25, -0.2) is 9.98 Å². The van der Waals surface area contributed by atoms with E-state index in [9.17, 15) is 4.79 Å². The number of rotatable bonds is 8. The Morgan fingerprint density at radius 3 is 2.70 bits per heavy atom. The number of carbonyl (C=O) groups is 1. The van der Waals surface area contributed by atoms with Crippen molar-refractivity contribution in [3.63, 3.8) is 0 Å². The first kappa shape index (κ1) is 19.2. The van der Waals surface area contributed by atoms with E-state index in [2.05, 4.69) is 20.6 Å². The molecule has 1 rings (SSSR count). The van der Waals surface area contributed by atoms with Gasteiger partial charge in [0.1, 0.15) is 11.7 Å². The molecule has 0 aliphatic rings. The third kappa shape index (κ3) is 8.37. The molecule has 0 saturated heterocycles. The van der Waals surface area contributed by atoms with Crippen LogP contribution in [-0.2, 0) is 16.0 Å². The molecule has 0 aliphatic heterocycles. The molecule has 0 aliphatic carbocycles. The summed E-state index contributed by atoms with van der Waals surface area (Å²) in [4.78, 5) is 21.4. The van der Waals surface area contributed by atoms with Gasteiger partial charge in [0.05, 0.1) is 6.61 Å². The van der Waals surface area contributed by atoms with E-state index < -0.39 is 0 Å². The van der Waals surface area contributed by atoms with Crippen molar-refractivity contribution in [1.82, 2.24) is 20.5 Å². The number of amides is 1. The quantitative estimate of drug-likeness (QED) is 0.312. The number of likely N-dealkylation sites (N-methyl/N-ethyl adjacent to an activating group) is 1. The summed E-state index contributed by atoms with van der Waals surface area (Å²) in [5.41, 5.74) is 1.07. The van der Waals surface area contributed by atoms with Gasteiger partial charge in [0, 0.05) is 40.5 Å². The Hall–Kier alpha value is -1.86. The number of hydrogen-bond acceptors (Lipinski definition) is 4. The van der Waals surface area contributed by atoms with E-state index in [1.807, 2.05) is 6.07 Å². The summed E-state index contributed by atoms with van der Waals surface area (Å²) in [6, 6.07) is 3.69. The van der Waals surface area contributed by atoms with E-state index in [1.165, 1.54) is 4.90 Å². The number of ether oxygens (including phenoxy) is 1. The van der Waals surface area contributed by atoms with Crippen LogP contribution in [-0.4, -0.2) is 69.2 Å². The summed E-state index contributed by atoms with van der Waals surface area (Å²) in [5.74, 6) is 0.527. The lowest BCUT2D eigenvalue weighted by atomic mass is 10.2. The SMILES string of the molecule is COCCNC(=NCC(=O)N(C)C)NCCc1ccc(Cl)nc1. The van der Waals surface area contributed by atoms with E-state index >= 15 is 0 Å². The first-order valence-corrected chi connectivity index (χ1v) is 7.72. The molecule has 0 radical (unpaired) electrons. The van der Waals surface area contributed by atoms with Crippen LogP contribution in [0.25, 0.3) is 0 Å². The van der Waals surface area contributed by atoms with Crippen molar-refractivity contribution in [2.45, 2.75) is 6.42 Å². The van der Waals surface area contributed by atoms with Crippen molar-refractivity contribution in [1.29, 1.82) is 0 Å². The Balaban J connectivity index is 2.49. The number of aromatic nitrogens is 1. The number of hydrogen-bond donors (Lipinski definition) is 2. The molecule has 0 aromatic carbocycles. The molecule has 0 saturated carbocycles. The number of nitrogens with one attached hydrogen (secondary N) is 2. The van der Waals surface area contributed by atoms with Crippen LogP contribution in [0, 0.1) is 0 Å². The fourth-order valence-corrected chi connectivity index (χ4v) is 1.73. The number of guanidine groups is 1. The highest BCUT2D eigenvalue weighted by molar-refractivity contribution is 6.29. The first-order chi connectivity index (χ1) is 11.0. The van der Waals surface area contributed by atoms with E-state index in [0.29, 0.717) is 30.8 Å². The standard InChI is InChI=1S/C15H24ClN5O2/c1-21(2)14(22)11-20-15(18-8-9-23-3)17-7-6-12-4-5-13(16)19-10-12/h4-5,10H,6-9,11H2,1-3H3,(H2,17,18,20). The lowest BCUT2D eigenvalue weighted by Crippen LogP contribution is -2.40. The van der Waals surface area contributed by atoms with Gasteiger partial charge in [-0.15, -0.1) is 0 Å². The monoisotopic (exact) mass is 341 g/mol. The van der Waals surface area contributed by atoms with Gasteiger partial charge in [0.15, 0.2) is 5.96 Å². The summed E-state index contributed by atoms with van der Waals surface area (Å²) in [6.45, 7) is 1.93. The zero-order valence-corrected chi connectivity index (χ0v) is 14.6. The third-order valence-electron chi connectivity index (χ3n) is 2.96. The molecule has 0 spiro atoms. The smallest absolute Gasteiger partial charge is 0.243 e. The van der Waals surface area contributed by atoms with Gasteiger partial charge < -0.3 is 20.3 Å². The molecule has 23 heavy (non-hydrogen) atoms. The van der Waals surface area contributed by atoms with Crippen LogP contribution in [0.15, 0.2) is 23.3 Å². The van der Waals surface area contributed by atoms with Crippen LogP contribution >= 0.6 is 11.6 Å². The van der Waals surface area contributed by atoms with E-state index in [1.54, 1.807) is 33.5 Å². The van der Waals surface area contributed by atoms with Crippen molar-refractivity contribution < 1.29 is 9.53 Å². The average Bonchev–Trinajstić information content (AvgIpc) is 2.53. The maximum Gasteiger partial charge on any atom is 0.243 e. The minimum atomic E-state index is -0.0558. The number of aliphatic imine (C=N–C) groups is 1. The highest BCUT2D eigenvalue weighted by atomic mass is 35.5. The van der Waals surface area contributed by atoms with Crippen molar-refractivity contribution in [2.75, 3.05) is 47.4 Å². The molecular weight excluding hydrogens is 318 g/mol. The van der Waals surface area contributed by atoms with Gasteiger partial charge in [-0.3, -0.25) is 4.79 Å². The zero-order valence-electron chi connectivity index (χ0n) is 13.8. The molecule has 1 aromatic rings. The molecule has 1 aromatic heterocycles. The Labute approximate surface area is 142 Å². The van der Waals surface area contributed by atoms with Gasteiger partial charge in [-0.2, -0.15) is 0 Å². The molecular formula is C15H24ClN5O2. The summed E-state index contributed by atoms with van der Waals surface area (Å²) in [5, 5.41) is 6.78. The highest BCUT2D eigenvalue weighted by Gasteiger charge is 2.04. The number of carbonyl (C=O) groups excluding carboxylic acids is 1. The normalized spacial score (nSPS) is 11.2. The van der Waals surface area contributed by atoms with Crippen molar-refractivity contribution >= 4 is 23.5 Å². The highest BCUT2D eigenvalue weighted by Crippen LogP contribution is 2.05. The largest absolute Gasteiger partial charge is 0.383 e. The fourth-order valence-electron chi connectivity index (χ4n) is 1.61. The van der Waals surface area contributed by atoms with E-state index in [4.69, 9.17) is 16.3 Å². The molecule has 128 valence electrons. The first-order valence-electron chi connectivity index (χ1n) is 7.34. The van der Waals surface area contributed by atoms with Crippen LogP contribution in [0.5, 0.6) is 0 Å². The lowest BCUT2D eigenvalue weighted by molar-refractivity contribution is -0.127. The molecule has 1 heterocycles. The fraction of sp³-hybridized carbons (Fsp3) is 0.533. The summed E-state index contributed by atoms with van der Waals surface area (Å²) < 4.78 is 5.00. The van der Waals surface area contributed by atoms with Crippen LogP contribution in [0.3, 0.4) is 0 Å². The number of pyridine rings is 1. The van der Waals surface area contributed by atoms with Crippen LogP contribution in [0.2, 0.25) is 5.15 Å². The molecule has 7 nitrogen and oxygen atoms in total. The predicted octanol–water partition coefficient (Wildman–Crippen LogP) is 0.547. The van der Waals surface area contributed by atoms with Crippen LogP contribution in [0.1, 0.15) is 5.56 Å². The average molecular weight is 342 g/mol. The molecule has 0 unspecified atom stereocenters. The predicted molar refractivity (Wildman–Crippen MR) is 91.8 cm³/mol. The van der Waals surface area contributed by atoms with E-state index in [0.717, 1.165) is 12.0 Å². The molecule has 1 amide bonds. The maximum absolute atomic E-state index is 11.6. The van der Waals surface area contributed by atoms with Gasteiger partial charge >= 0.3 is 0 Å².